The van der Waals surface area contributed by atoms with E-state index in [0.29, 0.717) is 17.7 Å². The van der Waals surface area contributed by atoms with Crippen molar-refractivity contribution in [3.63, 3.8) is 0 Å². The molecule has 0 radical (unpaired) electrons. The quantitative estimate of drug-likeness (QED) is 0.714. The minimum absolute atomic E-state index is 0.223. The molecule has 0 saturated heterocycles. The van der Waals surface area contributed by atoms with Crippen molar-refractivity contribution in [2.75, 3.05) is 11.4 Å². The number of nitrogens with zero attached hydrogens (tertiary/aromatic N) is 1. The number of aliphatic hydroxyl groups excluding tert-OH is 1. The van der Waals surface area contributed by atoms with Gasteiger partial charge in [0.25, 0.3) is 0 Å². The third kappa shape index (κ3) is 5.59. The summed E-state index contributed by atoms with van der Waals surface area (Å²) in [7, 11) is 0. The fourth-order valence-electron chi connectivity index (χ4n) is 2.46. The summed E-state index contributed by atoms with van der Waals surface area (Å²) in [6.07, 6.45) is -12.3. The van der Waals surface area contributed by atoms with Crippen molar-refractivity contribution in [3.05, 3.63) is 65.0 Å². The van der Waals surface area contributed by atoms with Gasteiger partial charge < -0.3 is 10.0 Å². The first-order valence-corrected chi connectivity index (χ1v) is 7.80. The monoisotopic (exact) mass is 395 g/mol. The molecule has 1 N–H and O–H groups in total. The van der Waals surface area contributed by atoms with Crippen LogP contribution in [0.4, 0.5) is 36.4 Å². The normalized spacial score (nSPS) is 13.5. The molecule has 2 rings (SSSR count). The number of halogens is 7. The summed E-state index contributed by atoms with van der Waals surface area (Å²) in [6.45, 7) is 0.356. The zero-order chi connectivity index (χ0) is 20.4. The second-order valence-electron chi connectivity index (χ2n) is 6.08. The number of aryl methyl sites for hydroxylation is 1. The molecule has 0 fully saturated rings. The molecule has 27 heavy (non-hydrogen) atoms. The zero-order valence-corrected chi connectivity index (χ0v) is 14.1. The number of aliphatic hydroxyl groups is 1. The van der Waals surface area contributed by atoms with Crippen molar-refractivity contribution in [2.45, 2.75) is 31.9 Å². The summed E-state index contributed by atoms with van der Waals surface area (Å²) in [4.78, 5) is 1.07. The molecule has 0 bridgehead atoms. The number of rotatable bonds is 5. The van der Waals surface area contributed by atoms with Gasteiger partial charge in [-0.1, -0.05) is 18.2 Å². The van der Waals surface area contributed by atoms with Crippen molar-refractivity contribution < 1.29 is 35.8 Å². The van der Waals surface area contributed by atoms with Crippen LogP contribution >= 0.6 is 0 Å². The van der Waals surface area contributed by atoms with Crippen LogP contribution in [0.25, 0.3) is 0 Å². The maximum Gasteiger partial charge on any atom is 0.416 e. The Morgan fingerprint density at radius 1 is 1.00 bits per heavy atom. The number of benzene rings is 2. The smallest absolute Gasteiger partial charge is 0.382 e. The molecule has 2 aromatic carbocycles. The summed E-state index contributed by atoms with van der Waals surface area (Å²) in [5.74, 6) is -1.19. The molecule has 148 valence electrons. The molecule has 1 atom stereocenters. The molecule has 0 amide bonds. The molecule has 9 heteroatoms. The van der Waals surface area contributed by atoms with Gasteiger partial charge in [-0.25, -0.2) is 4.39 Å². The Morgan fingerprint density at radius 2 is 1.67 bits per heavy atom. The van der Waals surface area contributed by atoms with Gasteiger partial charge in [0.05, 0.1) is 12.1 Å². The van der Waals surface area contributed by atoms with Gasteiger partial charge in [0.15, 0.2) is 6.10 Å². The Kier molecular flexibility index (Phi) is 6.04. The molecule has 0 aliphatic carbocycles. The summed E-state index contributed by atoms with van der Waals surface area (Å²) in [5, 5.41) is 9.38. The molecule has 2 nitrogen and oxygen atoms in total. The van der Waals surface area contributed by atoms with Crippen molar-refractivity contribution in [3.8, 4) is 0 Å². The Hall–Kier alpha value is -2.29. The number of alkyl halides is 6. The fourth-order valence-corrected chi connectivity index (χ4v) is 2.46. The van der Waals surface area contributed by atoms with E-state index in [2.05, 4.69) is 0 Å². The lowest BCUT2D eigenvalue weighted by molar-refractivity contribution is -0.200. The van der Waals surface area contributed by atoms with E-state index >= 15 is 0 Å². The van der Waals surface area contributed by atoms with Gasteiger partial charge >= 0.3 is 12.4 Å². The topological polar surface area (TPSA) is 23.5 Å². The van der Waals surface area contributed by atoms with E-state index in [1.807, 2.05) is 0 Å². The van der Waals surface area contributed by atoms with Gasteiger partial charge in [-0.2, -0.15) is 26.3 Å². The van der Waals surface area contributed by atoms with Crippen molar-refractivity contribution in [1.82, 2.24) is 0 Å². The average molecular weight is 395 g/mol. The molecule has 2 aromatic rings. The average Bonchev–Trinajstić information content (AvgIpc) is 2.53. The molecule has 0 heterocycles. The minimum Gasteiger partial charge on any atom is -0.382 e. The minimum atomic E-state index is -4.89. The van der Waals surface area contributed by atoms with Crippen LogP contribution in [-0.2, 0) is 12.7 Å². The van der Waals surface area contributed by atoms with Crippen LogP contribution in [0, 0.1) is 12.7 Å². The SMILES string of the molecule is Cc1cccc(N(Cc2ccc(C(F)(F)F)cc2F)CC(O)C(F)(F)F)c1. The summed E-state index contributed by atoms with van der Waals surface area (Å²) < 4.78 is 90.2. The van der Waals surface area contributed by atoms with E-state index in [0.717, 1.165) is 11.0 Å². The first-order chi connectivity index (χ1) is 12.4. The lowest BCUT2D eigenvalue weighted by atomic mass is 10.1. The highest BCUT2D eigenvalue weighted by molar-refractivity contribution is 5.49. The largest absolute Gasteiger partial charge is 0.416 e. The van der Waals surface area contributed by atoms with Gasteiger partial charge in [0, 0.05) is 17.8 Å². The van der Waals surface area contributed by atoms with Crippen molar-refractivity contribution in [1.29, 1.82) is 0 Å². The number of hydrogen-bond donors (Lipinski definition) is 1. The van der Waals surface area contributed by atoms with Gasteiger partial charge in [-0.3, -0.25) is 0 Å². The summed E-state index contributed by atoms with van der Waals surface area (Å²) in [5.41, 5.74) is -0.426. The number of hydrogen-bond acceptors (Lipinski definition) is 2. The predicted molar refractivity (Wildman–Crippen MR) is 85.7 cm³/mol. The third-order valence-corrected chi connectivity index (χ3v) is 3.88. The highest BCUT2D eigenvalue weighted by Crippen LogP contribution is 2.31. The Balaban J connectivity index is 2.34. The van der Waals surface area contributed by atoms with E-state index in [1.165, 1.54) is 12.1 Å². The number of anilines is 1. The van der Waals surface area contributed by atoms with Crippen LogP contribution in [-0.4, -0.2) is 23.9 Å². The maximum atomic E-state index is 14.1. The van der Waals surface area contributed by atoms with Crippen LogP contribution in [0.15, 0.2) is 42.5 Å². The summed E-state index contributed by atoms with van der Waals surface area (Å²) in [6, 6.07) is 8.10. The molecule has 0 aliphatic heterocycles. The Morgan fingerprint density at radius 3 is 2.19 bits per heavy atom. The maximum absolute atomic E-state index is 14.1. The molecule has 0 spiro atoms. The van der Waals surface area contributed by atoms with E-state index in [-0.39, 0.29) is 11.3 Å². The van der Waals surface area contributed by atoms with Crippen LogP contribution in [0.1, 0.15) is 16.7 Å². The highest BCUT2D eigenvalue weighted by Gasteiger charge is 2.39. The van der Waals surface area contributed by atoms with Gasteiger partial charge in [-0.15, -0.1) is 0 Å². The van der Waals surface area contributed by atoms with Gasteiger partial charge in [0.1, 0.15) is 5.82 Å². The van der Waals surface area contributed by atoms with E-state index in [4.69, 9.17) is 0 Å². The van der Waals surface area contributed by atoms with Crippen molar-refractivity contribution in [2.24, 2.45) is 0 Å². The zero-order valence-electron chi connectivity index (χ0n) is 14.1. The van der Waals surface area contributed by atoms with Gasteiger partial charge in [-0.05, 0) is 36.8 Å². The second kappa shape index (κ2) is 7.75. The molecular weight excluding hydrogens is 379 g/mol. The standard InChI is InChI=1S/C18H16F7NO/c1-11-3-2-4-14(7-11)26(10-16(27)18(23,24)25)9-12-5-6-13(8-15(12)19)17(20,21)22/h2-8,16,27H,9-10H2,1H3. The van der Waals surface area contributed by atoms with E-state index < -0.39 is 42.9 Å². The van der Waals surface area contributed by atoms with E-state index in [1.54, 1.807) is 19.1 Å². The highest BCUT2D eigenvalue weighted by atomic mass is 19.4. The van der Waals surface area contributed by atoms with Crippen LogP contribution in [0.2, 0.25) is 0 Å². The van der Waals surface area contributed by atoms with E-state index in [9.17, 15) is 35.8 Å². The molecule has 0 aliphatic rings. The molecule has 1 unspecified atom stereocenters. The lowest BCUT2D eigenvalue weighted by Gasteiger charge is -2.29. The van der Waals surface area contributed by atoms with Crippen LogP contribution < -0.4 is 4.90 Å². The van der Waals surface area contributed by atoms with Crippen LogP contribution in [0.3, 0.4) is 0 Å². The first kappa shape index (κ1) is 21.0. The summed E-state index contributed by atoms with van der Waals surface area (Å²) >= 11 is 0. The third-order valence-electron chi connectivity index (χ3n) is 3.88. The fraction of sp³-hybridized carbons (Fsp3) is 0.333. The first-order valence-electron chi connectivity index (χ1n) is 7.80. The Bertz CT molecular complexity index is 786. The second-order valence-corrected chi connectivity index (χ2v) is 6.08. The lowest BCUT2D eigenvalue weighted by Crippen LogP contribution is -2.41. The molecule has 0 saturated carbocycles. The van der Waals surface area contributed by atoms with Crippen molar-refractivity contribution >= 4 is 5.69 Å². The Labute approximate surface area is 150 Å². The predicted octanol–water partition coefficient (Wildman–Crippen LogP) is 5.08. The molecular formula is C18H16F7NO. The molecule has 0 aromatic heterocycles. The van der Waals surface area contributed by atoms with Gasteiger partial charge in [0.2, 0.25) is 0 Å². The van der Waals surface area contributed by atoms with Crippen LogP contribution in [0.5, 0.6) is 0 Å².